The van der Waals surface area contributed by atoms with Gasteiger partial charge in [0.15, 0.2) is 0 Å². The molecular weight excluding hydrogens is 553 g/mol. The van der Waals surface area contributed by atoms with Gasteiger partial charge in [0.1, 0.15) is 12.4 Å². The third kappa shape index (κ3) is 6.48. The summed E-state index contributed by atoms with van der Waals surface area (Å²) >= 11 is 6.04. The van der Waals surface area contributed by atoms with Crippen LogP contribution in [0, 0.1) is 12.7 Å². The van der Waals surface area contributed by atoms with E-state index >= 15 is 0 Å². The number of piperidine rings is 3. The minimum atomic E-state index is -3.97. The summed E-state index contributed by atoms with van der Waals surface area (Å²) in [5.74, 6) is -0.332. The van der Waals surface area contributed by atoms with Crippen molar-refractivity contribution in [3.05, 3.63) is 64.4 Å². The summed E-state index contributed by atoms with van der Waals surface area (Å²) in [6, 6.07) is 10.3. The average molecular weight is 592 g/mol. The van der Waals surface area contributed by atoms with Gasteiger partial charge in [0.2, 0.25) is 10.0 Å². The van der Waals surface area contributed by atoms with Crippen molar-refractivity contribution in [3.63, 3.8) is 0 Å². The van der Waals surface area contributed by atoms with E-state index in [-0.39, 0.29) is 23.4 Å². The van der Waals surface area contributed by atoms with Gasteiger partial charge in [0.25, 0.3) is 0 Å². The van der Waals surface area contributed by atoms with E-state index in [0.717, 1.165) is 37.9 Å². The van der Waals surface area contributed by atoms with Crippen molar-refractivity contribution in [2.45, 2.75) is 81.3 Å². The largest absolute Gasteiger partial charge is 0.448 e. The van der Waals surface area contributed by atoms with E-state index in [1.807, 2.05) is 0 Å². The fourth-order valence-corrected chi connectivity index (χ4v) is 8.42. The highest BCUT2D eigenvalue weighted by atomic mass is 35.5. The number of halogens is 2. The Morgan fingerprint density at radius 2 is 1.65 bits per heavy atom. The maximum Gasteiger partial charge on any atom is 0.409 e. The third-order valence-electron chi connectivity index (χ3n) is 8.67. The van der Waals surface area contributed by atoms with E-state index in [4.69, 9.17) is 16.3 Å². The van der Waals surface area contributed by atoms with Gasteiger partial charge < -0.3 is 14.5 Å². The van der Waals surface area contributed by atoms with Crippen LogP contribution >= 0.6 is 11.6 Å². The molecule has 1 amide bonds. The van der Waals surface area contributed by atoms with Gasteiger partial charge in [-0.2, -0.15) is 4.31 Å². The van der Waals surface area contributed by atoms with Gasteiger partial charge in [-0.15, -0.1) is 0 Å². The Morgan fingerprint density at radius 1 is 0.950 bits per heavy atom. The Labute approximate surface area is 242 Å². The number of carbonyl (C=O) groups excluding carboxylic acids is 1. The molecule has 218 valence electrons. The molecule has 7 nitrogen and oxygen atoms in total. The van der Waals surface area contributed by atoms with Crippen molar-refractivity contribution in [1.29, 1.82) is 0 Å². The van der Waals surface area contributed by atoms with Crippen LogP contribution in [-0.4, -0.2) is 73.5 Å². The molecule has 3 aliphatic heterocycles. The summed E-state index contributed by atoms with van der Waals surface area (Å²) in [6.07, 6.45) is 7.19. The Balaban J connectivity index is 1.31. The fraction of sp³-hybridized carbons (Fsp3) is 0.567. The van der Waals surface area contributed by atoms with Gasteiger partial charge in [-0.25, -0.2) is 17.6 Å². The SMILES string of the molecule is Cc1cc(C2CCCC(COC(=O)N3CCC(N4CCCCC4)CC3)N2S(=O)(=O)c2ccc(Cl)cc2)ccc1F. The van der Waals surface area contributed by atoms with E-state index < -0.39 is 22.1 Å². The van der Waals surface area contributed by atoms with Crippen molar-refractivity contribution >= 4 is 27.7 Å². The lowest BCUT2D eigenvalue weighted by Crippen LogP contribution is -2.50. The number of sulfonamides is 1. The average Bonchev–Trinajstić information content (AvgIpc) is 2.98. The summed E-state index contributed by atoms with van der Waals surface area (Å²) in [6.45, 7) is 5.22. The molecule has 0 bridgehead atoms. The number of amides is 1. The minimum Gasteiger partial charge on any atom is -0.448 e. The quantitative estimate of drug-likeness (QED) is 0.402. The van der Waals surface area contributed by atoms with Crippen molar-refractivity contribution < 1.29 is 22.3 Å². The van der Waals surface area contributed by atoms with Crippen LogP contribution in [0.3, 0.4) is 0 Å². The summed E-state index contributed by atoms with van der Waals surface area (Å²) in [4.78, 5) is 17.5. The number of ether oxygens (including phenoxy) is 1. The number of rotatable bonds is 6. The first kappa shape index (κ1) is 29.3. The van der Waals surface area contributed by atoms with Gasteiger partial charge in [-0.3, -0.25) is 0 Å². The zero-order valence-corrected chi connectivity index (χ0v) is 24.7. The number of hydrogen-bond donors (Lipinski definition) is 0. The molecule has 2 aromatic carbocycles. The van der Waals surface area contributed by atoms with Gasteiger partial charge in [0.05, 0.1) is 17.0 Å². The Hall–Kier alpha value is -2.20. The normalized spacial score (nSPS) is 23.7. The molecule has 2 unspecified atom stereocenters. The molecule has 3 saturated heterocycles. The van der Waals surface area contributed by atoms with Gasteiger partial charge in [0, 0.05) is 24.2 Å². The standard InChI is InChI=1S/C30H39ClFN3O4S/c1-22-20-23(8-13-28(22)32)29-7-5-6-26(35(29)40(37,38)27-11-9-24(31)10-12-27)21-39-30(36)34-18-14-25(15-19-34)33-16-3-2-4-17-33/h8-13,20,25-26,29H,2-7,14-19,21H2,1H3. The Bertz CT molecular complexity index is 1280. The lowest BCUT2D eigenvalue weighted by atomic mass is 9.93. The summed E-state index contributed by atoms with van der Waals surface area (Å²) in [5, 5.41) is 0.442. The maximum absolute atomic E-state index is 14.1. The molecule has 3 fully saturated rings. The molecule has 40 heavy (non-hydrogen) atoms. The van der Waals surface area contributed by atoms with E-state index in [1.165, 1.54) is 41.8 Å². The molecule has 0 saturated carbocycles. The molecule has 2 atom stereocenters. The van der Waals surface area contributed by atoms with Crippen LogP contribution in [0.25, 0.3) is 0 Å². The number of carbonyl (C=O) groups is 1. The zero-order valence-electron chi connectivity index (χ0n) is 23.1. The van der Waals surface area contributed by atoms with Crippen molar-refractivity contribution in [2.24, 2.45) is 0 Å². The van der Waals surface area contributed by atoms with Gasteiger partial charge in [-0.05, 0) is 106 Å². The second-order valence-electron chi connectivity index (χ2n) is 11.3. The fourth-order valence-electron chi connectivity index (χ4n) is 6.45. The first-order valence-corrected chi connectivity index (χ1v) is 16.3. The van der Waals surface area contributed by atoms with E-state index in [1.54, 1.807) is 36.1 Å². The molecule has 0 aliphatic carbocycles. The number of aryl methyl sites for hydroxylation is 1. The summed E-state index contributed by atoms with van der Waals surface area (Å²) in [5.41, 5.74) is 1.19. The first-order valence-electron chi connectivity index (χ1n) is 14.4. The smallest absolute Gasteiger partial charge is 0.409 e. The summed E-state index contributed by atoms with van der Waals surface area (Å²) in [7, 11) is -3.97. The molecule has 0 N–H and O–H groups in total. The zero-order chi connectivity index (χ0) is 28.3. The second kappa shape index (κ2) is 12.8. The highest BCUT2D eigenvalue weighted by Crippen LogP contribution is 2.39. The molecule has 0 aromatic heterocycles. The lowest BCUT2D eigenvalue weighted by Gasteiger charge is -2.42. The number of likely N-dealkylation sites (tertiary alicyclic amines) is 2. The van der Waals surface area contributed by atoms with Crippen LogP contribution in [0.2, 0.25) is 5.02 Å². The minimum absolute atomic E-state index is 0.0333. The molecule has 0 spiro atoms. The van der Waals surface area contributed by atoms with Crippen molar-refractivity contribution in [1.82, 2.24) is 14.1 Å². The molecule has 5 rings (SSSR count). The van der Waals surface area contributed by atoms with Crippen LogP contribution < -0.4 is 0 Å². The van der Waals surface area contributed by atoms with Crippen LogP contribution in [0.4, 0.5) is 9.18 Å². The predicted molar refractivity (Wildman–Crippen MR) is 153 cm³/mol. The Kier molecular flexibility index (Phi) is 9.35. The Morgan fingerprint density at radius 3 is 2.33 bits per heavy atom. The molecule has 10 heteroatoms. The molecule has 3 heterocycles. The van der Waals surface area contributed by atoms with Crippen LogP contribution in [0.15, 0.2) is 47.4 Å². The lowest BCUT2D eigenvalue weighted by molar-refractivity contribution is 0.0449. The highest BCUT2D eigenvalue weighted by molar-refractivity contribution is 7.89. The van der Waals surface area contributed by atoms with Crippen molar-refractivity contribution in [3.8, 4) is 0 Å². The highest BCUT2D eigenvalue weighted by Gasteiger charge is 2.41. The van der Waals surface area contributed by atoms with Crippen LogP contribution in [-0.2, 0) is 14.8 Å². The molecule has 0 radical (unpaired) electrons. The number of benzene rings is 2. The maximum atomic E-state index is 14.1. The van der Waals surface area contributed by atoms with E-state index in [2.05, 4.69) is 4.90 Å². The van der Waals surface area contributed by atoms with E-state index in [9.17, 15) is 17.6 Å². The molecule has 3 aliphatic rings. The number of hydrogen-bond acceptors (Lipinski definition) is 5. The first-order chi connectivity index (χ1) is 19.2. The second-order valence-corrected chi connectivity index (χ2v) is 13.6. The van der Waals surface area contributed by atoms with E-state index in [0.29, 0.717) is 42.6 Å². The number of nitrogens with zero attached hydrogens (tertiary/aromatic N) is 3. The van der Waals surface area contributed by atoms with Crippen LogP contribution in [0.5, 0.6) is 0 Å². The van der Waals surface area contributed by atoms with Crippen molar-refractivity contribution in [2.75, 3.05) is 32.8 Å². The molecular formula is C30H39ClFN3O4S. The van der Waals surface area contributed by atoms with Crippen LogP contribution in [0.1, 0.15) is 68.5 Å². The predicted octanol–water partition coefficient (Wildman–Crippen LogP) is 6.16. The third-order valence-corrected chi connectivity index (χ3v) is 10.9. The monoisotopic (exact) mass is 591 g/mol. The van der Waals surface area contributed by atoms with Gasteiger partial charge >= 0.3 is 6.09 Å². The summed E-state index contributed by atoms with van der Waals surface area (Å²) < 4.78 is 49.4. The van der Waals surface area contributed by atoms with Gasteiger partial charge in [-0.1, -0.05) is 30.2 Å². The topological polar surface area (TPSA) is 70.2 Å². The molecule has 2 aromatic rings.